The van der Waals surface area contributed by atoms with Crippen LogP contribution in [0, 0.1) is 17.8 Å². The molecule has 5 aliphatic rings. The third-order valence-corrected chi connectivity index (χ3v) is 6.16. The quantitative estimate of drug-likeness (QED) is 0.823. The van der Waals surface area contributed by atoms with Crippen LogP contribution in [-0.2, 0) is 0 Å². The second kappa shape index (κ2) is 4.49. The van der Waals surface area contributed by atoms with Gasteiger partial charge in [0.15, 0.2) is 0 Å². The van der Waals surface area contributed by atoms with Crippen molar-refractivity contribution in [1.82, 2.24) is 10.2 Å². The molecule has 0 aromatic rings. The predicted octanol–water partition coefficient (Wildman–Crippen LogP) is 2.64. The van der Waals surface area contributed by atoms with E-state index in [2.05, 4.69) is 10.2 Å². The van der Waals surface area contributed by atoms with Crippen molar-refractivity contribution in [2.24, 2.45) is 17.8 Å². The van der Waals surface area contributed by atoms with E-state index in [9.17, 15) is 0 Å². The molecule has 2 nitrogen and oxygen atoms in total. The van der Waals surface area contributed by atoms with Gasteiger partial charge in [-0.3, -0.25) is 0 Å². The lowest BCUT2D eigenvalue weighted by Crippen LogP contribution is -2.59. The van der Waals surface area contributed by atoms with Gasteiger partial charge in [-0.15, -0.1) is 0 Å². The Morgan fingerprint density at radius 2 is 1.44 bits per heavy atom. The molecule has 1 heterocycles. The van der Waals surface area contributed by atoms with E-state index in [1.807, 2.05) is 0 Å². The van der Waals surface area contributed by atoms with Crippen molar-refractivity contribution in [3.63, 3.8) is 0 Å². The van der Waals surface area contributed by atoms with Crippen LogP contribution < -0.4 is 5.32 Å². The summed E-state index contributed by atoms with van der Waals surface area (Å²) in [5.74, 6) is 3.24. The highest BCUT2D eigenvalue weighted by atomic mass is 15.2. The van der Waals surface area contributed by atoms with E-state index in [-0.39, 0.29) is 0 Å². The second-order valence-corrected chi connectivity index (χ2v) is 7.67. The molecule has 0 atom stereocenters. The summed E-state index contributed by atoms with van der Waals surface area (Å²) in [4.78, 5) is 2.65. The Morgan fingerprint density at radius 3 is 2.00 bits per heavy atom. The molecule has 0 amide bonds. The van der Waals surface area contributed by atoms with Gasteiger partial charge in [-0.1, -0.05) is 0 Å². The monoisotopic (exact) mass is 248 g/mol. The smallest absolute Gasteiger partial charge is 0.0190 e. The minimum Gasteiger partial charge on any atom is -0.310 e. The number of likely N-dealkylation sites (tertiary alicyclic amines) is 1. The normalized spacial score (nSPS) is 47.0. The van der Waals surface area contributed by atoms with Crippen LogP contribution in [0.1, 0.15) is 51.4 Å². The summed E-state index contributed by atoms with van der Waals surface area (Å²) in [6, 6.07) is 0. The molecule has 5 rings (SSSR count). The minimum absolute atomic E-state index is 0.578. The van der Waals surface area contributed by atoms with Crippen molar-refractivity contribution in [1.29, 1.82) is 0 Å². The number of hydrogen-bond acceptors (Lipinski definition) is 2. The zero-order chi connectivity index (χ0) is 12.0. The fourth-order valence-corrected chi connectivity index (χ4v) is 5.81. The predicted molar refractivity (Wildman–Crippen MR) is 74.6 cm³/mol. The van der Waals surface area contributed by atoms with Crippen LogP contribution in [0.4, 0.5) is 0 Å². The molecule has 4 aliphatic carbocycles. The Balaban J connectivity index is 1.33. The van der Waals surface area contributed by atoms with Crippen LogP contribution in [0.2, 0.25) is 0 Å². The zero-order valence-corrected chi connectivity index (χ0v) is 11.7. The van der Waals surface area contributed by atoms with Crippen LogP contribution in [0.25, 0.3) is 0 Å². The maximum absolute atomic E-state index is 4.01. The molecule has 18 heavy (non-hydrogen) atoms. The minimum atomic E-state index is 0.578. The van der Waals surface area contributed by atoms with Gasteiger partial charge in [-0.05, 0) is 82.2 Å². The number of rotatable bonds is 4. The molecule has 0 aromatic heterocycles. The van der Waals surface area contributed by atoms with Gasteiger partial charge in [-0.25, -0.2) is 0 Å². The summed E-state index contributed by atoms with van der Waals surface area (Å²) in [7, 11) is 0. The van der Waals surface area contributed by atoms with Gasteiger partial charge < -0.3 is 10.2 Å². The Hall–Kier alpha value is -0.0800. The van der Waals surface area contributed by atoms with Gasteiger partial charge in [0.25, 0.3) is 0 Å². The van der Waals surface area contributed by atoms with Gasteiger partial charge >= 0.3 is 0 Å². The molecule has 102 valence electrons. The summed E-state index contributed by atoms with van der Waals surface area (Å²) in [5, 5.41) is 4.01. The van der Waals surface area contributed by atoms with E-state index >= 15 is 0 Å². The Kier molecular flexibility index (Phi) is 2.92. The fraction of sp³-hybridized carbons (Fsp3) is 1.00. The van der Waals surface area contributed by atoms with Crippen LogP contribution in [0.3, 0.4) is 0 Å². The summed E-state index contributed by atoms with van der Waals surface area (Å²) in [6.07, 6.45) is 12.0. The van der Waals surface area contributed by atoms with Crippen molar-refractivity contribution < 1.29 is 0 Å². The van der Waals surface area contributed by atoms with E-state index in [4.69, 9.17) is 0 Å². The summed E-state index contributed by atoms with van der Waals surface area (Å²) in [6.45, 7) is 5.24. The third-order valence-electron chi connectivity index (χ3n) is 6.16. The highest BCUT2D eigenvalue weighted by molar-refractivity contribution is 5.06. The number of nitrogens with zero attached hydrogens (tertiary/aromatic N) is 1. The van der Waals surface area contributed by atoms with Gasteiger partial charge in [-0.2, -0.15) is 0 Å². The van der Waals surface area contributed by atoms with Crippen LogP contribution in [0.15, 0.2) is 0 Å². The molecular formula is C16H28N2. The van der Waals surface area contributed by atoms with E-state index in [0.29, 0.717) is 5.54 Å². The molecule has 2 heteroatoms. The lowest BCUT2D eigenvalue weighted by Gasteiger charge is -2.57. The van der Waals surface area contributed by atoms with Gasteiger partial charge in [0.05, 0.1) is 0 Å². The first-order valence-corrected chi connectivity index (χ1v) is 8.29. The Labute approximate surface area is 111 Å². The van der Waals surface area contributed by atoms with Crippen molar-refractivity contribution in [3.05, 3.63) is 0 Å². The molecule has 0 spiro atoms. The second-order valence-electron chi connectivity index (χ2n) is 7.67. The SMILES string of the molecule is C1CCN(CCNC23CC4CC(CC(C4)C2)C3)C1. The van der Waals surface area contributed by atoms with E-state index < -0.39 is 0 Å². The molecule has 5 fully saturated rings. The third kappa shape index (κ3) is 2.12. The van der Waals surface area contributed by atoms with Gasteiger partial charge in [0, 0.05) is 18.6 Å². The highest BCUT2D eigenvalue weighted by Gasteiger charge is 2.50. The average Bonchev–Trinajstić information content (AvgIpc) is 2.79. The molecular weight excluding hydrogens is 220 g/mol. The van der Waals surface area contributed by atoms with Crippen LogP contribution in [-0.4, -0.2) is 36.6 Å². The largest absolute Gasteiger partial charge is 0.310 e. The van der Waals surface area contributed by atoms with Crippen molar-refractivity contribution in [2.45, 2.75) is 56.9 Å². The maximum atomic E-state index is 4.01. The summed E-state index contributed by atoms with van der Waals surface area (Å²) >= 11 is 0. The van der Waals surface area contributed by atoms with E-state index in [0.717, 1.165) is 17.8 Å². The first-order valence-electron chi connectivity index (χ1n) is 8.29. The number of hydrogen-bond donors (Lipinski definition) is 1. The molecule has 0 aromatic carbocycles. The molecule has 1 saturated heterocycles. The van der Waals surface area contributed by atoms with Crippen LogP contribution in [0.5, 0.6) is 0 Å². The standard InChI is InChI=1S/C16H28N2/c1-2-5-18(4-1)6-3-17-16-10-13-7-14(11-16)9-15(8-13)12-16/h13-15,17H,1-12H2. The molecule has 0 radical (unpaired) electrons. The molecule has 1 aliphatic heterocycles. The van der Waals surface area contributed by atoms with E-state index in [1.165, 1.54) is 58.3 Å². The molecule has 4 saturated carbocycles. The lowest BCUT2D eigenvalue weighted by molar-refractivity contribution is -0.0201. The van der Waals surface area contributed by atoms with Crippen molar-refractivity contribution >= 4 is 0 Å². The molecule has 1 N–H and O–H groups in total. The lowest BCUT2D eigenvalue weighted by atomic mass is 9.53. The Bertz CT molecular complexity index is 271. The van der Waals surface area contributed by atoms with Gasteiger partial charge in [0.2, 0.25) is 0 Å². The topological polar surface area (TPSA) is 15.3 Å². The van der Waals surface area contributed by atoms with E-state index in [1.54, 1.807) is 19.3 Å². The van der Waals surface area contributed by atoms with Crippen molar-refractivity contribution in [3.8, 4) is 0 Å². The summed E-state index contributed by atoms with van der Waals surface area (Å²) < 4.78 is 0. The first-order chi connectivity index (χ1) is 8.81. The zero-order valence-electron chi connectivity index (χ0n) is 11.7. The average molecular weight is 248 g/mol. The number of nitrogens with one attached hydrogen (secondary N) is 1. The first kappa shape index (κ1) is 11.7. The van der Waals surface area contributed by atoms with Gasteiger partial charge in [0.1, 0.15) is 0 Å². The Morgan fingerprint density at radius 1 is 0.889 bits per heavy atom. The summed E-state index contributed by atoms with van der Waals surface area (Å²) in [5.41, 5.74) is 0.578. The highest BCUT2D eigenvalue weighted by Crippen LogP contribution is 2.55. The van der Waals surface area contributed by atoms with Crippen LogP contribution >= 0.6 is 0 Å². The molecule has 4 bridgehead atoms. The van der Waals surface area contributed by atoms with Crippen molar-refractivity contribution in [2.75, 3.05) is 26.2 Å². The molecule has 0 unspecified atom stereocenters. The maximum Gasteiger partial charge on any atom is 0.0190 e. The fourth-order valence-electron chi connectivity index (χ4n) is 5.81.